The van der Waals surface area contributed by atoms with Crippen LogP contribution in [0.25, 0.3) is 10.9 Å². The normalized spacial score (nSPS) is 11.3. The molecular weight excluding hydrogens is 302 g/mol. The molecular formula is C15H22BrN3. The number of aryl methyl sites for hydroxylation is 1. The molecule has 0 fully saturated rings. The fourth-order valence-electron chi connectivity index (χ4n) is 2.32. The quantitative estimate of drug-likeness (QED) is 0.594. The zero-order chi connectivity index (χ0) is 13.5. The van der Waals surface area contributed by atoms with Crippen molar-refractivity contribution in [2.45, 2.75) is 32.2 Å². The average Bonchev–Trinajstić information content (AvgIpc) is 2.75. The minimum Gasteiger partial charge on any atom is -0.311 e. The first-order valence-electron chi connectivity index (χ1n) is 7.00. The Kier molecular flexibility index (Phi) is 5.86. The summed E-state index contributed by atoms with van der Waals surface area (Å²) in [4.78, 5) is 0. The van der Waals surface area contributed by atoms with Crippen LogP contribution in [0.2, 0.25) is 0 Å². The molecule has 0 bridgehead atoms. The Morgan fingerprint density at radius 3 is 2.79 bits per heavy atom. The first-order chi connectivity index (χ1) is 9.33. The molecule has 0 spiro atoms. The van der Waals surface area contributed by atoms with Gasteiger partial charge >= 0.3 is 0 Å². The van der Waals surface area contributed by atoms with Crippen LogP contribution in [0.3, 0.4) is 0 Å². The Hall–Kier alpha value is -0.870. The van der Waals surface area contributed by atoms with Crippen LogP contribution in [0, 0.1) is 0 Å². The summed E-state index contributed by atoms with van der Waals surface area (Å²) in [5.74, 6) is 0. The second-order valence-corrected chi connectivity index (χ2v) is 5.66. The largest absolute Gasteiger partial charge is 0.311 e. The van der Waals surface area contributed by atoms with Crippen molar-refractivity contribution < 1.29 is 0 Å². The number of nitrogens with one attached hydrogen (secondary N) is 1. The second-order valence-electron chi connectivity index (χ2n) is 4.87. The van der Waals surface area contributed by atoms with Crippen molar-refractivity contribution in [3.05, 3.63) is 30.0 Å². The number of para-hydroxylation sites is 1. The van der Waals surface area contributed by atoms with E-state index in [0.717, 1.165) is 24.1 Å². The number of unbranched alkanes of at least 4 members (excludes halogenated alkanes) is 3. The monoisotopic (exact) mass is 323 g/mol. The highest BCUT2D eigenvalue weighted by Gasteiger charge is 2.06. The number of alkyl halides is 1. The molecule has 1 heterocycles. The zero-order valence-corrected chi connectivity index (χ0v) is 13.1. The van der Waals surface area contributed by atoms with Crippen molar-refractivity contribution in [3.63, 3.8) is 0 Å². The summed E-state index contributed by atoms with van der Waals surface area (Å²) in [6, 6.07) is 8.40. The van der Waals surface area contributed by atoms with E-state index in [-0.39, 0.29) is 0 Å². The van der Waals surface area contributed by atoms with Crippen molar-refractivity contribution in [1.82, 2.24) is 15.1 Å². The summed E-state index contributed by atoms with van der Waals surface area (Å²) in [6.45, 7) is 1.94. The number of nitrogens with zero attached hydrogens (tertiary/aromatic N) is 2. The van der Waals surface area contributed by atoms with Crippen molar-refractivity contribution >= 4 is 26.8 Å². The van der Waals surface area contributed by atoms with E-state index in [1.807, 2.05) is 11.7 Å². The van der Waals surface area contributed by atoms with Gasteiger partial charge in [0.05, 0.1) is 11.2 Å². The summed E-state index contributed by atoms with van der Waals surface area (Å²) in [5, 5.41) is 10.5. The Morgan fingerprint density at radius 2 is 1.95 bits per heavy atom. The van der Waals surface area contributed by atoms with Crippen LogP contribution in [0.5, 0.6) is 0 Å². The van der Waals surface area contributed by atoms with Crippen LogP contribution in [0.15, 0.2) is 24.3 Å². The van der Waals surface area contributed by atoms with Gasteiger partial charge in [-0.05, 0) is 25.5 Å². The first-order valence-corrected chi connectivity index (χ1v) is 8.12. The molecule has 1 N–H and O–H groups in total. The highest BCUT2D eigenvalue weighted by Crippen LogP contribution is 2.16. The van der Waals surface area contributed by atoms with Crippen LogP contribution in [-0.4, -0.2) is 21.7 Å². The minimum atomic E-state index is 0.861. The molecule has 0 aliphatic rings. The van der Waals surface area contributed by atoms with Crippen LogP contribution in [0.4, 0.5) is 0 Å². The standard InChI is InChI=1S/C15H22BrN3/c1-19-15-9-5-4-8-13(15)14(18-19)12-17-11-7-3-2-6-10-16/h4-5,8-9,17H,2-3,6-7,10-12H2,1H3. The maximum Gasteiger partial charge on any atom is 0.0841 e. The van der Waals surface area contributed by atoms with Gasteiger partial charge < -0.3 is 5.32 Å². The molecule has 2 aromatic rings. The molecule has 0 radical (unpaired) electrons. The van der Waals surface area contributed by atoms with E-state index in [4.69, 9.17) is 0 Å². The van der Waals surface area contributed by atoms with Crippen molar-refractivity contribution in [2.24, 2.45) is 7.05 Å². The number of benzene rings is 1. The van der Waals surface area contributed by atoms with Crippen molar-refractivity contribution in [2.75, 3.05) is 11.9 Å². The fourth-order valence-corrected chi connectivity index (χ4v) is 2.72. The number of hydrogen-bond acceptors (Lipinski definition) is 2. The number of aromatic nitrogens is 2. The van der Waals surface area contributed by atoms with Crippen LogP contribution in [-0.2, 0) is 13.6 Å². The molecule has 19 heavy (non-hydrogen) atoms. The molecule has 3 nitrogen and oxygen atoms in total. The van der Waals surface area contributed by atoms with E-state index >= 15 is 0 Å². The van der Waals surface area contributed by atoms with E-state index in [0.29, 0.717) is 0 Å². The van der Waals surface area contributed by atoms with Gasteiger partial charge in [0.1, 0.15) is 0 Å². The third kappa shape index (κ3) is 4.05. The summed E-state index contributed by atoms with van der Waals surface area (Å²) in [7, 11) is 2.01. The van der Waals surface area contributed by atoms with Gasteiger partial charge in [-0.3, -0.25) is 4.68 Å². The molecule has 0 amide bonds. The van der Waals surface area contributed by atoms with Gasteiger partial charge in [-0.2, -0.15) is 5.10 Å². The SMILES string of the molecule is Cn1nc(CNCCCCCCBr)c2ccccc21. The maximum absolute atomic E-state index is 4.58. The van der Waals surface area contributed by atoms with Crippen molar-refractivity contribution in [1.29, 1.82) is 0 Å². The lowest BCUT2D eigenvalue weighted by Gasteiger charge is -2.02. The third-order valence-corrected chi connectivity index (χ3v) is 3.92. The highest BCUT2D eigenvalue weighted by atomic mass is 79.9. The molecule has 1 aromatic carbocycles. The highest BCUT2D eigenvalue weighted by molar-refractivity contribution is 9.09. The van der Waals surface area contributed by atoms with Gasteiger partial charge in [-0.1, -0.05) is 47.0 Å². The Labute approximate surface area is 123 Å². The predicted molar refractivity (Wildman–Crippen MR) is 84.7 cm³/mol. The summed E-state index contributed by atoms with van der Waals surface area (Å²) in [5.41, 5.74) is 2.36. The molecule has 104 valence electrons. The Balaban J connectivity index is 1.79. The smallest absolute Gasteiger partial charge is 0.0841 e. The van der Waals surface area contributed by atoms with Gasteiger partial charge in [-0.15, -0.1) is 0 Å². The second kappa shape index (κ2) is 7.65. The van der Waals surface area contributed by atoms with Crippen LogP contribution >= 0.6 is 15.9 Å². The lowest BCUT2D eigenvalue weighted by atomic mass is 10.2. The van der Waals surface area contributed by atoms with Crippen LogP contribution < -0.4 is 5.32 Å². The van der Waals surface area contributed by atoms with E-state index < -0.39 is 0 Å². The van der Waals surface area contributed by atoms with E-state index in [9.17, 15) is 0 Å². The van der Waals surface area contributed by atoms with Crippen molar-refractivity contribution in [3.8, 4) is 0 Å². The number of hydrogen-bond donors (Lipinski definition) is 1. The number of fused-ring (bicyclic) bond motifs is 1. The zero-order valence-electron chi connectivity index (χ0n) is 11.5. The van der Waals surface area contributed by atoms with Gasteiger partial charge in [0.15, 0.2) is 0 Å². The molecule has 2 rings (SSSR count). The summed E-state index contributed by atoms with van der Waals surface area (Å²) < 4.78 is 1.96. The lowest BCUT2D eigenvalue weighted by Crippen LogP contribution is -2.15. The molecule has 0 aliphatic carbocycles. The van der Waals surface area contributed by atoms with E-state index in [2.05, 4.69) is 50.6 Å². The van der Waals surface area contributed by atoms with E-state index in [1.54, 1.807) is 0 Å². The van der Waals surface area contributed by atoms with Gasteiger partial charge in [0.2, 0.25) is 0 Å². The van der Waals surface area contributed by atoms with Gasteiger partial charge in [-0.25, -0.2) is 0 Å². The van der Waals surface area contributed by atoms with Gasteiger partial charge in [0.25, 0.3) is 0 Å². The molecule has 0 saturated carbocycles. The fraction of sp³-hybridized carbons (Fsp3) is 0.533. The molecule has 0 unspecified atom stereocenters. The number of halogens is 1. The topological polar surface area (TPSA) is 29.9 Å². The Bertz CT molecular complexity index is 507. The maximum atomic E-state index is 4.58. The molecule has 0 atom stereocenters. The molecule has 0 aliphatic heterocycles. The third-order valence-electron chi connectivity index (χ3n) is 3.36. The predicted octanol–water partition coefficient (Wildman–Crippen LogP) is 3.62. The van der Waals surface area contributed by atoms with Gasteiger partial charge in [0, 0.05) is 24.3 Å². The summed E-state index contributed by atoms with van der Waals surface area (Å²) in [6.07, 6.45) is 5.16. The minimum absolute atomic E-state index is 0.861. The summed E-state index contributed by atoms with van der Waals surface area (Å²) >= 11 is 3.46. The first kappa shape index (κ1) is 14.5. The molecule has 0 saturated heterocycles. The molecule has 1 aromatic heterocycles. The Morgan fingerprint density at radius 1 is 1.16 bits per heavy atom. The van der Waals surface area contributed by atoms with E-state index in [1.165, 1.54) is 36.6 Å². The lowest BCUT2D eigenvalue weighted by molar-refractivity contribution is 0.592. The average molecular weight is 324 g/mol. The molecule has 4 heteroatoms. The number of rotatable bonds is 8. The van der Waals surface area contributed by atoms with Crippen LogP contribution in [0.1, 0.15) is 31.4 Å².